The molecule has 1 rings (SSSR count). The lowest BCUT2D eigenvalue weighted by atomic mass is 10.1. The van der Waals surface area contributed by atoms with Crippen LogP contribution in [0.1, 0.15) is 20.7 Å². The van der Waals surface area contributed by atoms with E-state index >= 15 is 0 Å². The van der Waals surface area contributed by atoms with Gasteiger partial charge in [0.05, 0.1) is 24.8 Å². The average Bonchev–Trinajstić information content (AvgIpc) is 2.27. The maximum absolute atomic E-state index is 11.3. The minimum Gasteiger partial charge on any atom is -0.496 e. The lowest BCUT2D eigenvalue weighted by molar-refractivity contribution is 0.0598. The van der Waals surface area contributed by atoms with Crippen LogP contribution in [0.5, 0.6) is 5.75 Å². The number of benzene rings is 1. The number of ether oxygens (including phenoxy) is 2. The summed E-state index contributed by atoms with van der Waals surface area (Å²) in [7, 11) is 2.51. The molecule has 0 aliphatic heterocycles. The van der Waals surface area contributed by atoms with Crippen molar-refractivity contribution in [3.63, 3.8) is 0 Å². The van der Waals surface area contributed by atoms with Gasteiger partial charge in [-0.25, -0.2) is 9.59 Å². The third kappa shape index (κ3) is 2.25. The molecule has 0 unspecified atom stereocenters. The summed E-state index contributed by atoms with van der Waals surface area (Å²) in [6, 6.07) is 2.38. The highest BCUT2D eigenvalue weighted by molar-refractivity contribution is 6.34. The van der Waals surface area contributed by atoms with Gasteiger partial charge in [0.15, 0.2) is 0 Å². The zero-order chi connectivity index (χ0) is 12.3. The fraction of sp³-hybridized carbons (Fsp3) is 0.200. The van der Waals surface area contributed by atoms with Gasteiger partial charge in [0.1, 0.15) is 11.3 Å². The number of carbonyl (C=O) groups is 2. The van der Waals surface area contributed by atoms with Crippen molar-refractivity contribution in [1.29, 1.82) is 0 Å². The van der Waals surface area contributed by atoms with Crippen molar-refractivity contribution in [3.05, 3.63) is 28.3 Å². The molecule has 0 atom stereocenters. The first kappa shape index (κ1) is 12.3. The third-order valence-corrected chi connectivity index (χ3v) is 2.24. The molecule has 0 amide bonds. The molecular weight excluding hydrogens is 236 g/mol. The van der Waals surface area contributed by atoms with E-state index in [1.165, 1.54) is 20.3 Å². The van der Waals surface area contributed by atoms with Gasteiger partial charge in [-0.1, -0.05) is 11.6 Å². The molecule has 6 heteroatoms. The van der Waals surface area contributed by atoms with Gasteiger partial charge in [-0.15, -0.1) is 0 Å². The van der Waals surface area contributed by atoms with Gasteiger partial charge in [-0.3, -0.25) is 0 Å². The Morgan fingerprint density at radius 2 is 1.88 bits per heavy atom. The molecule has 86 valence electrons. The van der Waals surface area contributed by atoms with Crippen molar-refractivity contribution in [3.8, 4) is 5.75 Å². The van der Waals surface area contributed by atoms with E-state index in [1.807, 2.05) is 0 Å². The molecule has 0 aliphatic rings. The van der Waals surface area contributed by atoms with E-state index in [0.717, 1.165) is 6.07 Å². The summed E-state index contributed by atoms with van der Waals surface area (Å²) < 4.78 is 9.34. The van der Waals surface area contributed by atoms with E-state index in [1.54, 1.807) is 0 Å². The number of esters is 1. The Bertz CT molecular complexity index is 441. The molecule has 1 aromatic rings. The van der Waals surface area contributed by atoms with Crippen molar-refractivity contribution in [2.24, 2.45) is 0 Å². The third-order valence-electron chi connectivity index (χ3n) is 1.92. The van der Waals surface area contributed by atoms with Crippen LogP contribution in [0.25, 0.3) is 0 Å². The van der Waals surface area contributed by atoms with Crippen molar-refractivity contribution in [1.82, 2.24) is 0 Å². The predicted octanol–water partition coefficient (Wildman–Crippen LogP) is 1.83. The maximum Gasteiger partial charge on any atom is 0.339 e. The highest BCUT2D eigenvalue weighted by atomic mass is 35.5. The van der Waals surface area contributed by atoms with Crippen LogP contribution in [0, 0.1) is 0 Å². The quantitative estimate of drug-likeness (QED) is 0.822. The molecule has 0 aromatic heterocycles. The Balaban J connectivity index is 3.37. The van der Waals surface area contributed by atoms with Gasteiger partial charge < -0.3 is 14.6 Å². The first-order valence-electron chi connectivity index (χ1n) is 4.20. The maximum atomic E-state index is 11.3. The number of halogens is 1. The number of carboxylic acid groups (broad SMARTS) is 1. The van der Waals surface area contributed by atoms with Crippen LogP contribution in [0.4, 0.5) is 0 Å². The molecule has 5 nitrogen and oxygen atoms in total. The second kappa shape index (κ2) is 4.85. The Morgan fingerprint density at radius 1 is 1.25 bits per heavy atom. The van der Waals surface area contributed by atoms with Crippen LogP contribution >= 0.6 is 11.6 Å². The zero-order valence-electron chi connectivity index (χ0n) is 8.61. The van der Waals surface area contributed by atoms with E-state index in [2.05, 4.69) is 4.74 Å². The summed E-state index contributed by atoms with van der Waals surface area (Å²) in [5, 5.41) is 8.86. The van der Waals surface area contributed by atoms with Crippen LogP contribution in [0.2, 0.25) is 5.02 Å². The first-order valence-corrected chi connectivity index (χ1v) is 4.58. The van der Waals surface area contributed by atoms with E-state index in [4.69, 9.17) is 21.4 Å². The number of aromatic carboxylic acids is 1. The molecule has 0 bridgehead atoms. The standard InChI is InChI=1S/C10H9ClO5/c1-15-8-4-5(10(14)16-2)7(11)3-6(8)9(12)13/h3-4H,1-2H3,(H,12,13). The molecule has 0 spiro atoms. The van der Waals surface area contributed by atoms with Crippen LogP contribution < -0.4 is 4.74 Å². The number of carbonyl (C=O) groups excluding carboxylic acids is 1. The van der Waals surface area contributed by atoms with Crippen LogP contribution in [-0.2, 0) is 4.74 Å². The van der Waals surface area contributed by atoms with Gasteiger partial charge in [0, 0.05) is 0 Å². The number of hydrogen-bond donors (Lipinski definition) is 1. The summed E-state index contributed by atoms with van der Waals surface area (Å²) in [5.41, 5.74) is -0.0498. The summed E-state index contributed by atoms with van der Waals surface area (Å²) in [6.07, 6.45) is 0. The molecule has 0 fully saturated rings. The average molecular weight is 245 g/mol. The minimum absolute atomic E-state index is 0.00468. The Labute approximate surface area is 96.5 Å². The smallest absolute Gasteiger partial charge is 0.339 e. The minimum atomic E-state index is -1.19. The first-order chi connectivity index (χ1) is 7.51. The SMILES string of the molecule is COC(=O)c1cc(OC)c(C(=O)O)cc1Cl. The summed E-state index contributed by atoms with van der Waals surface area (Å²) >= 11 is 5.76. The van der Waals surface area contributed by atoms with Crippen molar-refractivity contribution in [2.45, 2.75) is 0 Å². The van der Waals surface area contributed by atoms with Crippen LogP contribution in [-0.4, -0.2) is 31.3 Å². The Hall–Kier alpha value is -1.75. The molecule has 0 heterocycles. The lowest BCUT2D eigenvalue weighted by Gasteiger charge is -2.08. The van der Waals surface area contributed by atoms with Gasteiger partial charge in [0.25, 0.3) is 0 Å². The zero-order valence-corrected chi connectivity index (χ0v) is 9.37. The van der Waals surface area contributed by atoms with Gasteiger partial charge >= 0.3 is 11.9 Å². The van der Waals surface area contributed by atoms with Gasteiger partial charge in [0.2, 0.25) is 0 Å². The number of carboxylic acids is 1. The largest absolute Gasteiger partial charge is 0.496 e. The van der Waals surface area contributed by atoms with E-state index < -0.39 is 11.9 Å². The summed E-state index contributed by atoms with van der Waals surface area (Å²) in [5.74, 6) is -1.78. The molecule has 0 saturated heterocycles. The highest BCUT2D eigenvalue weighted by Gasteiger charge is 2.18. The number of methoxy groups -OCH3 is 2. The normalized spacial score (nSPS) is 9.69. The summed E-state index contributed by atoms with van der Waals surface area (Å²) in [6.45, 7) is 0. The molecule has 0 radical (unpaired) electrons. The van der Waals surface area contributed by atoms with Crippen molar-refractivity contribution < 1.29 is 24.2 Å². The Morgan fingerprint density at radius 3 is 2.31 bits per heavy atom. The Kier molecular flexibility index (Phi) is 3.73. The van der Waals surface area contributed by atoms with Crippen LogP contribution in [0.3, 0.4) is 0 Å². The van der Waals surface area contributed by atoms with E-state index in [9.17, 15) is 9.59 Å². The monoisotopic (exact) mass is 244 g/mol. The molecule has 1 aromatic carbocycles. The second-order valence-electron chi connectivity index (χ2n) is 2.83. The fourth-order valence-corrected chi connectivity index (χ4v) is 1.40. The molecule has 0 aliphatic carbocycles. The van der Waals surface area contributed by atoms with Crippen molar-refractivity contribution >= 4 is 23.5 Å². The van der Waals surface area contributed by atoms with E-state index in [-0.39, 0.29) is 21.9 Å². The molecule has 0 saturated carbocycles. The number of rotatable bonds is 3. The predicted molar refractivity (Wildman–Crippen MR) is 56.3 cm³/mol. The number of hydrogen-bond acceptors (Lipinski definition) is 4. The second-order valence-corrected chi connectivity index (χ2v) is 3.24. The topological polar surface area (TPSA) is 72.8 Å². The van der Waals surface area contributed by atoms with E-state index in [0.29, 0.717) is 0 Å². The van der Waals surface area contributed by atoms with Crippen molar-refractivity contribution in [2.75, 3.05) is 14.2 Å². The molecule has 1 N–H and O–H groups in total. The molecular formula is C10H9ClO5. The molecule has 16 heavy (non-hydrogen) atoms. The summed E-state index contributed by atoms with van der Waals surface area (Å²) in [4.78, 5) is 22.1. The lowest BCUT2D eigenvalue weighted by Crippen LogP contribution is -2.06. The van der Waals surface area contributed by atoms with Crippen LogP contribution in [0.15, 0.2) is 12.1 Å². The van der Waals surface area contributed by atoms with Gasteiger partial charge in [-0.2, -0.15) is 0 Å². The highest BCUT2D eigenvalue weighted by Crippen LogP contribution is 2.27. The van der Waals surface area contributed by atoms with Gasteiger partial charge in [-0.05, 0) is 12.1 Å². The fourth-order valence-electron chi connectivity index (χ4n) is 1.16.